The number of ether oxygens (including phenoxy) is 1. The van der Waals surface area contributed by atoms with Crippen LogP contribution in [-0.2, 0) is 73.6 Å². The summed E-state index contributed by atoms with van der Waals surface area (Å²) < 4.78 is 3.07. The van der Waals surface area contributed by atoms with Gasteiger partial charge in [-0.25, -0.2) is 9.59 Å². The number of Topliss-reactive ketones (excluding diaryl/α,β-unsaturated/α-hetero) is 1. The Hall–Kier alpha value is -10.4. The lowest BCUT2D eigenvalue weighted by molar-refractivity contribution is -0.137. The number of ketones is 1. The van der Waals surface area contributed by atoms with E-state index >= 15 is 33.6 Å². The zero-order valence-corrected chi connectivity index (χ0v) is 64.9. The molecule has 1 aliphatic heterocycles. The molecule has 26 heteroatoms. The van der Waals surface area contributed by atoms with E-state index in [1.54, 1.807) is 77.1 Å². The van der Waals surface area contributed by atoms with Gasteiger partial charge in [0.25, 0.3) is 0 Å². The maximum Gasteiger partial charge on any atom is 0.407 e. The molecule has 9 rings (SSSR count). The molecule has 0 aromatic heterocycles. The third-order valence-electron chi connectivity index (χ3n) is 18.8. The fourth-order valence-corrected chi connectivity index (χ4v) is 17.4. The molecule has 13 N–H and O–H groups in total. The number of amides is 10. The molecule has 9 atom stereocenters. The molecular formula is C84H98N10O13S3. The fraction of sp³-hybridized carbons (Fsp3) is 0.357. The SMILES string of the molecule is C[C@@H](O)[C@@H]1NC(=O)[C@H](CCCCNC(=O)OC(C)(C)C)NC(=O)[C@@H](CC2=CCc3ccccc32)NC(=O)[C@H](Cc2ccc(O)cc2)CC(=O)[C@@H](NC(=O)[C@@H](Cc2ccccc2)NC(=O)NCc2ccccc2)CSSC[C@@H](C(=O)N[C@H](C(N)=O)C(C)(C)SC(c2ccccc2)(c2ccccc2)c2ccccc2)NC1=O. The van der Waals surface area contributed by atoms with Crippen LogP contribution < -0.4 is 53.6 Å². The van der Waals surface area contributed by atoms with Crippen molar-refractivity contribution in [3.8, 4) is 5.75 Å². The number of nitrogens with two attached hydrogens (primary N) is 1. The molecule has 7 aromatic rings. The van der Waals surface area contributed by atoms with Crippen molar-refractivity contribution in [2.45, 2.75) is 163 Å². The zero-order valence-electron chi connectivity index (χ0n) is 62.5. The number of nitrogens with one attached hydrogen (secondary N) is 9. The third kappa shape index (κ3) is 24.0. The van der Waals surface area contributed by atoms with Gasteiger partial charge >= 0.3 is 12.1 Å². The highest BCUT2D eigenvalue weighted by atomic mass is 33.1. The molecule has 1 aliphatic carbocycles. The van der Waals surface area contributed by atoms with E-state index in [1.807, 2.05) is 152 Å². The van der Waals surface area contributed by atoms with Gasteiger partial charge in [0.1, 0.15) is 47.6 Å². The van der Waals surface area contributed by atoms with E-state index in [0.717, 1.165) is 55.0 Å². The van der Waals surface area contributed by atoms with E-state index < -0.39 is 135 Å². The maximum atomic E-state index is 15.6. The van der Waals surface area contributed by atoms with E-state index in [0.29, 0.717) is 23.1 Å². The van der Waals surface area contributed by atoms with Crippen LogP contribution in [0.4, 0.5) is 9.59 Å². The second kappa shape index (κ2) is 39.8. The molecule has 1 heterocycles. The van der Waals surface area contributed by atoms with Crippen molar-refractivity contribution in [3.05, 3.63) is 251 Å². The molecule has 2 aliphatic rings. The van der Waals surface area contributed by atoms with E-state index in [1.165, 1.54) is 30.8 Å². The number of rotatable bonds is 26. The smallest absolute Gasteiger partial charge is 0.407 e. The van der Waals surface area contributed by atoms with Gasteiger partial charge in [-0.05, 0) is 136 Å². The number of benzene rings is 7. The number of aliphatic hydroxyl groups is 1. The first-order valence-electron chi connectivity index (χ1n) is 36.7. The Kier molecular flexibility index (Phi) is 30.3. The number of unbranched alkanes of at least 4 members (excludes halogenated alkanes) is 1. The van der Waals surface area contributed by atoms with Crippen molar-refractivity contribution in [2.24, 2.45) is 11.7 Å². The molecule has 0 spiro atoms. The molecule has 7 aromatic carbocycles. The van der Waals surface area contributed by atoms with Crippen LogP contribution in [0.1, 0.15) is 118 Å². The molecule has 10 amide bonds. The van der Waals surface area contributed by atoms with E-state index in [4.69, 9.17) is 10.5 Å². The number of fused-ring (bicyclic) bond motifs is 1. The average molecular weight is 1550 g/mol. The number of hydrogen-bond acceptors (Lipinski definition) is 16. The minimum atomic E-state index is -1.83. The monoisotopic (exact) mass is 1550 g/mol. The molecular weight excluding hydrogens is 1450 g/mol. The van der Waals surface area contributed by atoms with Gasteiger partial charge in [-0.3, -0.25) is 38.4 Å². The largest absolute Gasteiger partial charge is 0.508 e. The highest BCUT2D eigenvalue weighted by Gasteiger charge is 2.48. The first kappa shape index (κ1) is 83.6. The predicted octanol–water partition coefficient (Wildman–Crippen LogP) is 9.02. The highest BCUT2D eigenvalue weighted by molar-refractivity contribution is 8.76. The number of phenols is 1. The zero-order chi connectivity index (χ0) is 79.0. The molecule has 0 radical (unpaired) electrons. The van der Waals surface area contributed by atoms with Gasteiger partial charge in [-0.15, -0.1) is 11.8 Å². The summed E-state index contributed by atoms with van der Waals surface area (Å²) in [6.07, 6.45) is -0.473. The summed E-state index contributed by atoms with van der Waals surface area (Å²) in [6.45, 7) is 10.1. The van der Waals surface area contributed by atoms with Crippen molar-refractivity contribution in [2.75, 3.05) is 18.1 Å². The number of allylic oxidation sites excluding steroid dienone is 1. The molecule has 0 saturated carbocycles. The Labute approximate surface area is 654 Å². The average Bonchev–Trinajstić information content (AvgIpc) is 0.842. The van der Waals surface area contributed by atoms with Crippen LogP contribution in [0.15, 0.2) is 206 Å². The van der Waals surface area contributed by atoms with Gasteiger partial charge < -0.3 is 68.5 Å². The van der Waals surface area contributed by atoms with Crippen LogP contribution in [0.3, 0.4) is 0 Å². The van der Waals surface area contributed by atoms with E-state index in [2.05, 4.69) is 47.9 Å². The highest BCUT2D eigenvalue weighted by Crippen LogP contribution is 2.54. The molecule has 0 unspecified atom stereocenters. The van der Waals surface area contributed by atoms with Crippen LogP contribution in [0.25, 0.3) is 5.57 Å². The number of aliphatic hydroxyl groups excluding tert-OH is 1. The summed E-state index contributed by atoms with van der Waals surface area (Å²) in [5, 5.41) is 47.3. The van der Waals surface area contributed by atoms with E-state index in [9.17, 15) is 24.6 Å². The van der Waals surface area contributed by atoms with Crippen molar-refractivity contribution in [1.82, 2.24) is 47.9 Å². The second-order valence-electron chi connectivity index (χ2n) is 28.9. The summed E-state index contributed by atoms with van der Waals surface area (Å²) in [7, 11) is 1.99. The third-order valence-corrected chi connectivity index (χ3v) is 23.0. The Morgan fingerprint density at radius 3 is 1.75 bits per heavy atom. The van der Waals surface area contributed by atoms with Crippen molar-refractivity contribution < 1.29 is 62.9 Å². The first-order valence-corrected chi connectivity index (χ1v) is 40.0. The van der Waals surface area contributed by atoms with E-state index in [-0.39, 0.29) is 68.9 Å². The number of carbonyl (C=O) groups excluding carboxylic acids is 10. The Morgan fingerprint density at radius 2 is 1.16 bits per heavy atom. The van der Waals surface area contributed by atoms with Crippen LogP contribution in [0.5, 0.6) is 5.75 Å². The molecule has 0 bridgehead atoms. The van der Waals surface area contributed by atoms with Gasteiger partial charge in [0.05, 0.1) is 16.9 Å². The van der Waals surface area contributed by atoms with Crippen molar-refractivity contribution >= 4 is 98.2 Å². The molecule has 580 valence electrons. The minimum absolute atomic E-state index is 0.0333. The van der Waals surface area contributed by atoms with Crippen LogP contribution in [0, 0.1) is 5.92 Å². The number of hydrogen-bond donors (Lipinski definition) is 12. The van der Waals surface area contributed by atoms with Gasteiger partial charge in [0.15, 0.2) is 5.78 Å². The lowest BCUT2D eigenvalue weighted by Gasteiger charge is -2.44. The number of primary amides is 1. The number of aromatic hydroxyl groups is 1. The fourth-order valence-electron chi connectivity index (χ4n) is 13.2. The van der Waals surface area contributed by atoms with Crippen molar-refractivity contribution in [3.63, 3.8) is 0 Å². The second-order valence-corrected chi connectivity index (χ2v) is 33.3. The maximum absolute atomic E-state index is 15.6. The normalized spacial score (nSPS) is 19.2. The standard InChI is InChI=1S/C84H98N10O13S3/c1-53(95)71-79(104)91-69(78(103)94-72(73(85)98)83(5,6)110-84(60-31-16-9-17-32-60,61-33-18-10-19-34-61)62-35-20-11-21-36-62)52-109-108-51-68(90-76(101)66(47-54-26-12-7-13-27-54)92-80(105)87-50-56-28-14-8-15-29-56)70(97)49-59(46-55-39-43-63(96)44-40-55)74(99)89-67(48-58-42-41-57-30-22-23-37-64(57)58)77(102)88-65(75(100)93-71)38-24-25-45-86-81(106)107-82(2,3)4/h7-23,26-37,39-40,42-44,53,59,65-69,71-72,95-96H,24-25,38,41,45-52H2,1-6H3,(H2,85,98)(H,86,106)(H,88,102)(H,89,99)(H,90,101)(H,91,104)(H,93,100)(H,94,103)(H2,87,92,105)/t53-,59-,65+,66-,67-,68+,69+,71+,72-/m1/s1. The first-order chi connectivity index (χ1) is 52.7. The molecule has 1 saturated heterocycles. The van der Waals surface area contributed by atoms with Crippen molar-refractivity contribution in [1.29, 1.82) is 0 Å². The predicted molar refractivity (Wildman–Crippen MR) is 430 cm³/mol. The Balaban J connectivity index is 1.11. The van der Waals surface area contributed by atoms with Gasteiger partial charge in [0.2, 0.25) is 41.4 Å². The molecule has 110 heavy (non-hydrogen) atoms. The Morgan fingerprint density at radius 1 is 0.609 bits per heavy atom. The molecule has 1 fully saturated rings. The Bertz CT molecular complexity index is 4230. The number of thioether (sulfide) groups is 1. The van der Waals surface area contributed by atoms with Gasteiger partial charge in [-0.2, -0.15) is 0 Å². The van der Waals surface area contributed by atoms with Crippen LogP contribution in [-0.4, -0.2) is 146 Å². The lowest BCUT2D eigenvalue weighted by atomic mass is 9.84. The topological polar surface area (TPSA) is 355 Å². The molecule has 23 nitrogen and oxygen atoms in total. The van der Waals surface area contributed by atoms with Gasteiger partial charge in [-0.1, -0.05) is 216 Å². The van der Waals surface area contributed by atoms with Crippen LogP contribution >= 0.6 is 33.3 Å². The van der Waals surface area contributed by atoms with Gasteiger partial charge in [0, 0.05) is 54.5 Å². The summed E-state index contributed by atoms with van der Waals surface area (Å²) in [5.41, 5.74) is 12.5. The summed E-state index contributed by atoms with van der Waals surface area (Å²) in [6, 6.07) is 49.2. The minimum Gasteiger partial charge on any atom is -0.508 e. The summed E-state index contributed by atoms with van der Waals surface area (Å²) in [4.78, 5) is 148. The summed E-state index contributed by atoms with van der Waals surface area (Å²) >= 11 is 1.37. The summed E-state index contributed by atoms with van der Waals surface area (Å²) in [5.74, 6) is -8.90. The number of carbonyl (C=O) groups is 10. The quantitative estimate of drug-likeness (QED) is 0.0137. The van der Waals surface area contributed by atoms with Crippen LogP contribution in [0.2, 0.25) is 0 Å². The number of phenolic OH excluding ortho intramolecular Hbond substituents is 1. The lowest BCUT2D eigenvalue weighted by Crippen LogP contribution is -2.63. The number of urea groups is 1. The number of alkyl carbamates (subject to hydrolysis) is 1.